The van der Waals surface area contributed by atoms with Crippen molar-refractivity contribution in [3.8, 4) is 0 Å². The predicted octanol–water partition coefficient (Wildman–Crippen LogP) is 1.45. The second-order valence-corrected chi connectivity index (χ2v) is 2.69. The summed E-state index contributed by atoms with van der Waals surface area (Å²) in [4.78, 5) is 22.1. The average molecular weight is 200 g/mol. The minimum absolute atomic E-state index is 0.222. The Morgan fingerprint density at radius 2 is 1.71 bits per heavy atom. The summed E-state index contributed by atoms with van der Waals surface area (Å²) >= 11 is 0. The molecule has 0 aromatic heterocycles. The average Bonchev–Trinajstić information content (AvgIpc) is 2.17. The van der Waals surface area contributed by atoms with Crippen LogP contribution in [0, 0.1) is 0 Å². The molecule has 0 saturated carbocycles. The number of esters is 2. The molecule has 0 spiro atoms. The summed E-state index contributed by atoms with van der Waals surface area (Å²) < 4.78 is 9.36. The first kappa shape index (κ1) is 12.7. The van der Waals surface area contributed by atoms with E-state index >= 15 is 0 Å². The maximum absolute atomic E-state index is 11.1. The second-order valence-electron chi connectivity index (χ2n) is 2.69. The van der Waals surface area contributed by atoms with Gasteiger partial charge in [-0.05, 0) is 13.3 Å². The number of ether oxygens (including phenoxy) is 2. The SMILES string of the molecule is C=C(C(=O)OCC)C(=O)OCCCC. The molecule has 0 aliphatic carbocycles. The zero-order valence-corrected chi connectivity index (χ0v) is 8.67. The minimum atomic E-state index is -0.714. The van der Waals surface area contributed by atoms with Crippen molar-refractivity contribution < 1.29 is 19.1 Å². The highest BCUT2D eigenvalue weighted by Gasteiger charge is 2.17. The summed E-state index contributed by atoms with van der Waals surface area (Å²) in [5.74, 6) is -1.41. The van der Waals surface area contributed by atoms with E-state index in [9.17, 15) is 9.59 Å². The van der Waals surface area contributed by atoms with Crippen LogP contribution in [0.4, 0.5) is 0 Å². The van der Waals surface area contributed by atoms with Gasteiger partial charge in [0, 0.05) is 0 Å². The van der Waals surface area contributed by atoms with Crippen molar-refractivity contribution in [1.29, 1.82) is 0 Å². The van der Waals surface area contributed by atoms with Gasteiger partial charge in [0.25, 0.3) is 0 Å². The Bertz CT molecular complexity index is 220. The van der Waals surface area contributed by atoms with E-state index in [4.69, 9.17) is 4.74 Å². The van der Waals surface area contributed by atoms with E-state index in [-0.39, 0.29) is 12.2 Å². The fourth-order valence-electron chi connectivity index (χ4n) is 0.698. The largest absolute Gasteiger partial charge is 0.462 e. The lowest BCUT2D eigenvalue weighted by atomic mass is 10.3. The first-order chi connectivity index (χ1) is 6.63. The van der Waals surface area contributed by atoms with Crippen LogP contribution in [-0.2, 0) is 19.1 Å². The number of hydrogen-bond acceptors (Lipinski definition) is 4. The number of unbranched alkanes of at least 4 members (excludes halogenated alkanes) is 1. The van der Waals surface area contributed by atoms with Crippen LogP contribution in [0.3, 0.4) is 0 Å². The van der Waals surface area contributed by atoms with Gasteiger partial charge in [-0.2, -0.15) is 0 Å². The monoisotopic (exact) mass is 200 g/mol. The lowest BCUT2D eigenvalue weighted by Gasteiger charge is -2.05. The quantitative estimate of drug-likeness (QED) is 0.214. The molecule has 0 aliphatic heterocycles. The Morgan fingerprint density at radius 1 is 1.14 bits per heavy atom. The van der Waals surface area contributed by atoms with Gasteiger partial charge in [0.05, 0.1) is 13.2 Å². The Hall–Kier alpha value is -1.32. The van der Waals surface area contributed by atoms with Crippen molar-refractivity contribution in [2.45, 2.75) is 26.7 Å². The van der Waals surface area contributed by atoms with Crippen molar-refractivity contribution in [2.24, 2.45) is 0 Å². The summed E-state index contributed by atoms with van der Waals surface area (Å²) in [6.07, 6.45) is 1.71. The van der Waals surface area contributed by atoms with Gasteiger partial charge in [-0.1, -0.05) is 19.9 Å². The van der Waals surface area contributed by atoms with E-state index in [0.29, 0.717) is 6.61 Å². The lowest BCUT2D eigenvalue weighted by Crippen LogP contribution is -2.17. The molecule has 0 saturated heterocycles. The molecule has 4 nitrogen and oxygen atoms in total. The molecular weight excluding hydrogens is 184 g/mol. The zero-order valence-electron chi connectivity index (χ0n) is 8.67. The maximum atomic E-state index is 11.1. The van der Waals surface area contributed by atoms with Gasteiger partial charge in [0.2, 0.25) is 0 Å². The van der Waals surface area contributed by atoms with Crippen molar-refractivity contribution in [2.75, 3.05) is 13.2 Å². The van der Waals surface area contributed by atoms with Crippen LogP contribution in [0.1, 0.15) is 26.7 Å². The zero-order chi connectivity index (χ0) is 11.0. The Morgan fingerprint density at radius 3 is 2.21 bits per heavy atom. The number of carbonyl (C=O) groups is 2. The van der Waals surface area contributed by atoms with E-state index in [0.717, 1.165) is 12.8 Å². The Labute approximate surface area is 83.9 Å². The van der Waals surface area contributed by atoms with Crippen LogP contribution >= 0.6 is 0 Å². The predicted molar refractivity (Wildman–Crippen MR) is 51.6 cm³/mol. The molecule has 0 atom stereocenters. The van der Waals surface area contributed by atoms with Gasteiger partial charge >= 0.3 is 11.9 Å². The van der Waals surface area contributed by atoms with Crippen LogP contribution in [-0.4, -0.2) is 25.2 Å². The summed E-state index contributed by atoms with van der Waals surface area (Å²) in [7, 11) is 0. The summed E-state index contributed by atoms with van der Waals surface area (Å²) in [6, 6.07) is 0. The smallest absolute Gasteiger partial charge is 0.344 e. The summed E-state index contributed by atoms with van der Waals surface area (Å²) in [6.45, 7) is 7.48. The molecule has 4 heteroatoms. The fraction of sp³-hybridized carbons (Fsp3) is 0.600. The van der Waals surface area contributed by atoms with E-state index in [1.54, 1.807) is 6.92 Å². The molecule has 80 valence electrons. The van der Waals surface area contributed by atoms with Crippen LogP contribution in [0.25, 0.3) is 0 Å². The fourth-order valence-corrected chi connectivity index (χ4v) is 0.698. The van der Waals surface area contributed by atoms with Crippen molar-refractivity contribution in [3.05, 3.63) is 12.2 Å². The van der Waals surface area contributed by atoms with E-state index in [1.807, 2.05) is 6.92 Å². The molecule has 0 heterocycles. The molecule has 0 aliphatic rings. The van der Waals surface area contributed by atoms with Gasteiger partial charge in [0.1, 0.15) is 5.57 Å². The molecule has 0 N–H and O–H groups in total. The topological polar surface area (TPSA) is 52.6 Å². The van der Waals surface area contributed by atoms with E-state index in [1.165, 1.54) is 0 Å². The third-order valence-corrected chi connectivity index (χ3v) is 1.50. The third-order valence-electron chi connectivity index (χ3n) is 1.50. The first-order valence-corrected chi connectivity index (χ1v) is 4.66. The normalized spacial score (nSPS) is 9.29. The molecule has 0 radical (unpaired) electrons. The molecule has 0 aromatic carbocycles. The first-order valence-electron chi connectivity index (χ1n) is 4.66. The van der Waals surface area contributed by atoms with Gasteiger partial charge in [0.15, 0.2) is 0 Å². The number of rotatable bonds is 6. The maximum Gasteiger partial charge on any atom is 0.344 e. The summed E-state index contributed by atoms with van der Waals surface area (Å²) in [5, 5.41) is 0. The molecule has 0 fully saturated rings. The highest BCUT2D eigenvalue weighted by Crippen LogP contribution is 1.99. The molecule has 0 rings (SSSR count). The molecule has 14 heavy (non-hydrogen) atoms. The molecule has 0 bridgehead atoms. The molecular formula is C10H16O4. The van der Waals surface area contributed by atoms with E-state index in [2.05, 4.69) is 11.3 Å². The molecule has 0 amide bonds. The lowest BCUT2D eigenvalue weighted by molar-refractivity contribution is -0.146. The van der Waals surface area contributed by atoms with Gasteiger partial charge in [-0.15, -0.1) is 0 Å². The highest BCUT2D eigenvalue weighted by molar-refractivity contribution is 6.13. The Kier molecular flexibility index (Phi) is 6.45. The second kappa shape index (κ2) is 7.12. The van der Waals surface area contributed by atoms with Crippen LogP contribution < -0.4 is 0 Å². The molecule has 0 aromatic rings. The van der Waals surface area contributed by atoms with Crippen LogP contribution in [0.15, 0.2) is 12.2 Å². The molecule has 0 unspecified atom stereocenters. The minimum Gasteiger partial charge on any atom is -0.462 e. The number of hydrogen-bond donors (Lipinski definition) is 0. The highest BCUT2D eigenvalue weighted by atomic mass is 16.6. The third kappa shape index (κ3) is 4.64. The van der Waals surface area contributed by atoms with Crippen molar-refractivity contribution in [3.63, 3.8) is 0 Å². The van der Waals surface area contributed by atoms with Gasteiger partial charge in [-0.3, -0.25) is 0 Å². The summed E-state index contributed by atoms with van der Waals surface area (Å²) in [5.41, 5.74) is -0.247. The van der Waals surface area contributed by atoms with Crippen LogP contribution in [0.2, 0.25) is 0 Å². The Balaban J connectivity index is 3.87. The van der Waals surface area contributed by atoms with Crippen molar-refractivity contribution >= 4 is 11.9 Å². The van der Waals surface area contributed by atoms with Gasteiger partial charge in [-0.25, -0.2) is 9.59 Å². The standard InChI is InChI=1S/C10H16O4/c1-4-6-7-14-10(12)8(3)9(11)13-5-2/h3-7H2,1-2H3. The van der Waals surface area contributed by atoms with E-state index < -0.39 is 11.9 Å². The van der Waals surface area contributed by atoms with Crippen LogP contribution in [0.5, 0.6) is 0 Å². The van der Waals surface area contributed by atoms with Crippen molar-refractivity contribution in [1.82, 2.24) is 0 Å². The number of carbonyl (C=O) groups excluding carboxylic acids is 2. The van der Waals surface area contributed by atoms with Gasteiger partial charge < -0.3 is 9.47 Å².